The third-order valence-electron chi connectivity index (χ3n) is 3.85. The van der Waals surface area contributed by atoms with Crippen LogP contribution in [0.1, 0.15) is 5.69 Å². The highest BCUT2D eigenvalue weighted by atomic mass is 35.5. The number of alkyl halides is 3. The number of nitrogens with two attached hydrogens (primary N) is 1. The Morgan fingerprint density at radius 2 is 1.79 bits per heavy atom. The summed E-state index contributed by atoms with van der Waals surface area (Å²) >= 11 is 6.08. The molecule has 28 heavy (non-hydrogen) atoms. The van der Waals surface area contributed by atoms with Crippen LogP contribution in [0.5, 0.6) is 5.75 Å². The third-order valence-corrected chi connectivity index (χ3v) is 5.08. The van der Waals surface area contributed by atoms with Gasteiger partial charge in [0.15, 0.2) is 5.69 Å². The van der Waals surface area contributed by atoms with Crippen molar-refractivity contribution < 1.29 is 26.3 Å². The molecule has 0 saturated carbocycles. The van der Waals surface area contributed by atoms with Gasteiger partial charge in [0.05, 0.1) is 17.0 Å². The van der Waals surface area contributed by atoms with Gasteiger partial charge in [0.2, 0.25) is 10.0 Å². The molecule has 0 amide bonds. The van der Waals surface area contributed by atoms with Crippen molar-refractivity contribution in [2.75, 3.05) is 7.11 Å². The number of methoxy groups -OCH3 is 1. The Morgan fingerprint density at radius 1 is 1.14 bits per heavy atom. The molecule has 3 rings (SSSR count). The minimum atomic E-state index is -4.67. The number of halogens is 4. The van der Waals surface area contributed by atoms with E-state index in [2.05, 4.69) is 4.98 Å². The van der Waals surface area contributed by atoms with E-state index in [1.54, 1.807) is 0 Å². The lowest BCUT2D eigenvalue weighted by Gasteiger charge is -2.10. The molecule has 3 aromatic rings. The Morgan fingerprint density at radius 3 is 2.29 bits per heavy atom. The lowest BCUT2D eigenvalue weighted by atomic mass is 10.2. The summed E-state index contributed by atoms with van der Waals surface area (Å²) in [6.45, 7) is 0. The second kappa shape index (κ2) is 7.12. The van der Waals surface area contributed by atoms with E-state index in [4.69, 9.17) is 21.5 Å². The van der Waals surface area contributed by atoms with Crippen molar-refractivity contribution in [3.05, 3.63) is 59.4 Å². The van der Waals surface area contributed by atoms with E-state index in [0.717, 1.165) is 6.20 Å². The lowest BCUT2D eigenvalue weighted by molar-refractivity contribution is -0.140. The first-order valence-electron chi connectivity index (χ1n) is 7.64. The maximum Gasteiger partial charge on any atom is 0.434 e. The topological polar surface area (TPSA) is 87.2 Å². The van der Waals surface area contributed by atoms with Gasteiger partial charge in [-0.1, -0.05) is 11.6 Å². The number of imidazole rings is 1. The number of benzene rings is 2. The van der Waals surface area contributed by atoms with E-state index >= 15 is 0 Å². The average Bonchev–Trinajstić information content (AvgIpc) is 3.07. The van der Waals surface area contributed by atoms with Crippen molar-refractivity contribution in [2.45, 2.75) is 11.1 Å². The Balaban J connectivity index is 2.18. The number of rotatable bonds is 4. The first-order chi connectivity index (χ1) is 13.0. The largest absolute Gasteiger partial charge is 0.495 e. The first kappa shape index (κ1) is 20.2. The smallest absolute Gasteiger partial charge is 0.434 e. The van der Waals surface area contributed by atoms with Gasteiger partial charge in [-0.25, -0.2) is 18.5 Å². The van der Waals surface area contributed by atoms with Crippen molar-refractivity contribution in [1.29, 1.82) is 0 Å². The van der Waals surface area contributed by atoms with Crippen LogP contribution < -0.4 is 9.88 Å². The maximum atomic E-state index is 13.2. The fraction of sp³-hybridized carbons (Fsp3) is 0.118. The zero-order valence-corrected chi connectivity index (χ0v) is 15.8. The molecular formula is C17H13ClF3N3O3S. The van der Waals surface area contributed by atoms with Crippen molar-refractivity contribution in [3.8, 4) is 22.8 Å². The summed E-state index contributed by atoms with van der Waals surface area (Å²) < 4.78 is 68.7. The molecule has 148 valence electrons. The molecule has 0 aliphatic heterocycles. The fourth-order valence-electron chi connectivity index (χ4n) is 2.52. The van der Waals surface area contributed by atoms with Crippen LogP contribution >= 0.6 is 11.6 Å². The summed E-state index contributed by atoms with van der Waals surface area (Å²) in [5.74, 6) is 0.315. The van der Waals surface area contributed by atoms with Gasteiger partial charge in [-0.2, -0.15) is 13.2 Å². The number of aromatic nitrogens is 2. The fourth-order valence-corrected chi connectivity index (χ4v) is 3.28. The van der Waals surface area contributed by atoms with Crippen LogP contribution in [0.15, 0.2) is 53.6 Å². The maximum absolute atomic E-state index is 13.2. The molecular weight excluding hydrogens is 419 g/mol. The summed E-state index contributed by atoms with van der Waals surface area (Å²) in [5, 5.41) is 5.25. The van der Waals surface area contributed by atoms with Crippen LogP contribution in [-0.2, 0) is 16.2 Å². The van der Waals surface area contributed by atoms with Crippen LogP contribution in [0.3, 0.4) is 0 Å². The van der Waals surface area contributed by atoms with Gasteiger partial charge in [0, 0.05) is 17.4 Å². The summed E-state index contributed by atoms with van der Waals surface area (Å²) in [5.41, 5.74) is -0.529. The van der Waals surface area contributed by atoms with Gasteiger partial charge in [0.1, 0.15) is 11.6 Å². The second-order valence-electron chi connectivity index (χ2n) is 5.71. The Bertz CT molecular complexity index is 1130. The summed E-state index contributed by atoms with van der Waals surface area (Å²) in [4.78, 5) is 3.51. The van der Waals surface area contributed by atoms with Crippen molar-refractivity contribution in [1.82, 2.24) is 9.55 Å². The Labute approximate surface area is 163 Å². The minimum absolute atomic E-state index is 0.0467. The van der Waals surface area contributed by atoms with E-state index in [1.165, 1.54) is 54.1 Å². The standard InChI is InChI=1S/C17H13ClF3N3O3S/c1-27-14-7-4-11(8-13(14)18)24-9-15(17(19,20)21)23-16(24)10-2-5-12(6-3-10)28(22,25)26/h2-9H,1H3,(H2,22,25,26). The van der Waals surface area contributed by atoms with Crippen LogP contribution in [-0.4, -0.2) is 25.1 Å². The molecule has 0 aliphatic carbocycles. The minimum Gasteiger partial charge on any atom is -0.495 e. The highest BCUT2D eigenvalue weighted by Gasteiger charge is 2.35. The number of sulfonamides is 1. The predicted octanol–water partition coefficient (Wildman–Crippen LogP) is 3.87. The Hall–Kier alpha value is -2.56. The molecule has 0 aliphatic rings. The highest BCUT2D eigenvalue weighted by molar-refractivity contribution is 7.89. The molecule has 0 bridgehead atoms. The van der Waals surface area contributed by atoms with Crippen LogP contribution in [0.4, 0.5) is 13.2 Å². The molecule has 1 heterocycles. The zero-order valence-electron chi connectivity index (χ0n) is 14.2. The van der Waals surface area contributed by atoms with Gasteiger partial charge in [-0.05, 0) is 42.5 Å². The molecule has 2 N–H and O–H groups in total. The predicted molar refractivity (Wildman–Crippen MR) is 96.9 cm³/mol. The number of primary sulfonamides is 1. The van der Waals surface area contributed by atoms with Crippen LogP contribution in [0.2, 0.25) is 5.02 Å². The normalized spacial score (nSPS) is 12.2. The number of hydrogen-bond acceptors (Lipinski definition) is 4. The van der Waals surface area contributed by atoms with E-state index in [-0.39, 0.29) is 21.3 Å². The van der Waals surface area contributed by atoms with E-state index in [1.807, 2.05) is 0 Å². The van der Waals surface area contributed by atoms with Crippen LogP contribution in [0, 0.1) is 0 Å². The van der Waals surface area contributed by atoms with Crippen molar-refractivity contribution in [2.24, 2.45) is 5.14 Å². The SMILES string of the molecule is COc1ccc(-n2cc(C(F)(F)F)nc2-c2ccc(S(N)(=O)=O)cc2)cc1Cl. The molecule has 0 saturated heterocycles. The van der Waals surface area contributed by atoms with E-state index < -0.39 is 21.9 Å². The molecule has 11 heteroatoms. The molecule has 0 atom stereocenters. The summed E-state index contributed by atoms with van der Waals surface area (Å²) in [7, 11) is -2.52. The second-order valence-corrected chi connectivity index (χ2v) is 7.67. The van der Waals surface area contributed by atoms with E-state index in [0.29, 0.717) is 11.4 Å². The number of nitrogens with zero attached hydrogens (tertiary/aromatic N) is 2. The molecule has 1 aromatic heterocycles. The van der Waals surface area contributed by atoms with E-state index in [9.17, 15) is 21.6 Å². The first-order valence-corrected chi connectivity index (χ1v) is 9.57. The van der Waals surface area contributed by atoms with Crippen LogP contribution in [0.25, 0.3) is 17.1 Å². The average molecular weight is 432 g/mol. The van der Waals surface area contributed by atoms with Gasteiger partial charge in [-0.3, -0.25) is 4.57 Å². The molecule has 0 fully saturated rings. The number of ether oxygens (including phenoxy) is 1. The highest BCUT2D eigenvalue weighted by Crippen LogP contribution is 2.34. The summed E-state index contributed by atoms with van der Waals surface area (Å²) in [6.07, 6.45) is -3.84. The third kappa shape index (κ3) is 3.98. The van der Waals surface area contributed by atoms with Gasteiger partial charge in [0.25, 0.3) is 0 Å². The quantitative estimate of drug-likeness (QED) is 0.679. The zero-order chi connectivity index (χ0) is 20.7. The Kier molecular flexibility index (Phi) is 5.13. The van der Waals surface area contributed by atoms with Crippen molar-refractivity contribution in [3.63, 3.8) is 0 Å². The van der Waals surface area contributed by atoms with Gasteiger partial charge >= 0.3 is 6.18 Å². The molecule has 6 nitrogen and oxygen atoms in total. The van der Waals surface area contributed by atoms with Gasteiger partial charge < -0.3 is 4.74 Å². The monoisotopic (exact) mass is 431 g/mol. The molecule has 0 spiro atoms. The number of hydrogen-bond donors (Lipinski definition) is 1. The summed E-state index contributed by atoms with van der Waals surface area (Å²) in [6, 6.07) is 9.50. The van der Waals surface area contributed by atoms with Gasteiger partial charge in [-0.15, -0.1) is 0 Å². The lowest BCUT2D eigenvalue weighted by Crippen LogP contribution is -2.11. The molecule has 2 aromatic carbocycles. The molecule has 0 radical (unpaired) electrons. The molecule has 0 unspecified atom stereocenters. The van der Waals surface area contributed by atoms with Crippen molar-refractivity contribution >= 4 is 21.6 Å².